The van der Waals surface area contributed by atoms with Crippen molar-refractivity contribution in [3.63, 3.8) is 0 Å². The van der Waals surface area contributed by atoms with Crippen LogP contribution in [0.15, 0.2) is 24.3 Å². The molecule has 1 N–H and O–H groups in total. The zero-order valence-electron chi connectivity index (χ0n) is 9.41. The molecule has 1 aromatic carbocycles. The summed E-state index contributed by atoms with van der Waals surface area (Å²) in [4.78, 5) is 10.9. The van der Waals surface area contributed by atoms with Gasteiger partial charge in [0.1, 0.15) is 5.75 Å². The Labute approximate surface area is 90.4 Å². The van der Waals surface area contributed by atoms with Gasteiger partial charge in [-0.3, -0.25) is 4.79 Å². The van der Waals surface area contributed by atoms with Gasteiger partial charge in [0.25, 0.3) is 0 Å². The molecule has 82 valence electrons. The van der Waals surface area contributed by atoms with Crippen LogP contribution in [0, 0.1) is 0 Å². The Morgan fingerprint density at radius 2 is 2.13 bits per heavy atom. The molecule has 1 aromatic rings. The Kier molecular flexibility index (Phi) is 4.16. The third-order valence-electron chi connectivity index (χ3n) is 2.17. The molecule has 0 heterocycles. The first-order valence-corrected chi connectivity index (χ1v) is 5.02. The van der Waals surface area contributed by atoms with Crippen molar-refractivity contribution in [2.75, 3.05) is 7.11 Å². The topological polar surface area (TPSA) is 38.3 Å². The van der Waals surface area contributed by atoms with Crippen LogP contribution in [0.1, 0.15) is 19.4 Å². The fourth-order valence-corrected chi connectivity index (χ4v) is 1.60. The average Bonchev–Trinajstić information content (AvgIpc) is 2.17. The highest BCUT2D eigenvalue weighted by atomic mass is 16.5. The first-order valence-electron chi connectivity index (χ1n) is 5.02. The summed E-state index contributed by atoms with van der Waals surface area (Å²) >= 11 is 0. The molecule has 1 rings (SSSR count). The highest BCUT2D eigenvalue weighted by molar-refractivity contribution is 5.73. The molecule has 3 heteroatoms. The van der Waals surface area contributed by atoms with E-state index in [1.165, 1.54) is 6.92 Å². The molecule has 0 unspecified atom stereocenters. The van der Waals surface area contributed by atoms with E-state index in [2.05, 4.69) is 5.32 Å². The number of hydrogen-bond acceptors (Lipinski definition) is 2. The van der Waals surface area contributed by atoms with Crippen LogP contribution in [0.25, 0.3) is 0 Å². The van der Waals surface area contributed by atoms with E-state index >= 15 is 0 Å². The van der Waals surface area contributed by atoms with Gasteiger partial charge in [0.05, 0.1) is 7.11 Å². The maximum Gasteiger partial charge on any atom is 0.217 e. The van der Waals surface area contributed by atoms with Crippen LogP contribution in [0.3, 0.4) is 0 Å². The maximum atomic E-state index is 10.9. The van der Waals surface area contributed by atoms with Crippen LogP contribution in [0.4, 0.5) is 0 Å². The van der Waals surface area contributed by atoms with Crippen LogP contribution in [-0.4, -0.2) is 19.1 Å². The predicted molar refractivity (Wildman–Crippen MR) is 60.0 cm³/mol. The molecule has 0 saturated carbocycles. The fourth-order valence-electron chi connectivity index (χ4n) is 1.60. The summed E-state index contributed by atoms with van der Waals surface area (Å²) in [7, 11) is 1.65. The number of amides is 1. The van der Waals surface area contributed by atoms with Crippen molar-refractivity contribution in [3.8, 4) is 5.75 Å². The van der Waals surface area contributed by atoms with E-state index in [0.29, 0.717) is 0 Å². The normalized spacial score (nSPS) is 11.9. The van der Waals surface area contributed by atoms with E-state index in [1.54, 1.807) is 7.11 Å². The monoisotopic (exact) mass is 207 g/mol. The molecule has 0 fully saturated rings. The molecule has 0 aliphatic heterocycles. The lowest BCUT2D eigenvalue weighted by Gasteiger charge is -2.14. The summed E-state index contributed by atoms with van der Waals surface area (Å²) in [6.07, 6.45) is 0.781. The average molecular weight is 207 g/mol. The van der Waals surface area contributed by atoms with Gasteiger partial charge in [-0.2, -0.15) is 0 Å². The minimum atomic E-state index is -0.00241. The second-order valence-corrected chi connectivity index (χ2v) is 3.62. The van der Waals surface area contributed by atoms with Gasteiger partial charge in [-0.05, 0) is 25.0 Å². The summed E-state index contributed by atoms with van der Waals surface area (Å²) in [6, 6.07) is 7.97. The number of hydrogen-bond donors (Lipinski definition) is 1. The standard InChI is InChI=1S/C12H17NO2/c1-9(13-10(2)14)8-11-6-4-5-7-12(11)15-3/h4-7,9H,8H2,1-3H3,(H,13,14)/t9-/m1/s1. The third-order valence-corrected chi connectivity index (χ3v) is 2.17. The molecule has 15 heavy (non-hydrogen) atoms. The molecule has 0 aliphatic rings. The molecule has 3 nitrogen and oxygen atoms in total. The first kappa shape index (κ1) is 11.6. The molecular weight excluding hydrogens is 190 g/mol. The summed E-state index contributed by atoms with van der Waals surface area (Å²) in [5.41, 5.74) is 1.11. The molecule has 0 aromatic heterocycles. The highest BCUT2D eigenvalue weighted by Gasteiger charge is 2.08. The van der Waals surface area contributed by atoms with Crippen molar-refractivity contribution in [2.45, 2.75) is 26.3 Å². The Morgan fingerprint density at radius 3 is 2.73 bits per heavy atom. The van der Waals surface area contributed by atoms with Crippen LogP contribution >= 0.6 is 0 Å². The lowest BCUT2D eigenvalue weighted by Crippen LogP contribution is -2.32. The molecule has 1 amide bonds. The number of rotatable bonds is 4. The molecule has 0 spiro atoms. The predicted octanol–water partition coefficient (Wildman–Crippen LogP) is 1.76. The molecular formula is C12H17NO2. The second-order valence-electron chi connectivity index (χ2n) is 3.62. The van der Waals surface area contributed by atoms with Crippen LogP contribution < -0.4 is 10.1 Å². The van der Waals surface area contributed by atoms with Crippen molar-refractivity contribution in [1.82, 2.24) is 5.32 Å². The van der Waals surface area contributed by atoms with Gasteiger partial charge in [0.15, 0.2) is 0 Å². The third kappa shape index (κ3) is 3.62. The quantitative estimate of drug-likeness (QED) is 0.817. The largest absolute Gasteiger partial charge is 0.496 e. The minimum absolute atomic E-state index is 0.00241. The van der Waals surface area contributed by atoms with E-state index in [9.17, 15) is 4.79 Å². The van der Waals surface area contributed by atoms with E-state index < -0.39 is 0 Å². The number of nitrogens with one attached hydrogen (secondary N) is 1. The van der Waals surface area contributed by atoms with E-state index in [0.717, 1.165) is 17.7 Å². The second kappa shape index (κ2) is 5.39. The van der Waals surface area contributed by atoms with E-state index in [-0.39, 0.29) is 11.9 Å². The summed E-state index contributed by atoms with van der Waals surface area (Å²) in [5.74, 6) is 0.868. The summed E-state index contributed by atoms with van der Waals surface area (Å²) in [6.45, 7) is 3.51. The van der Waals surface area contributed by atoms with Gasteiger partial charge in [0.2, 0.25) is 5.91 Å². The van der Waals surface area contributed by atoms with Crippen molar-refractivity contribution in [3.05, 3.63) is 29.8 Å². The summed E-state index contributed by atoms with van der Waals surface area (Å²) < 4.78 is 5.24. The van der Waals surface area contributed by atoms with Crippen LogP contribution in [0.2, 0.25) is 0 Å². The van der Waals surface area contributed by atoms with Gasteiger partial charge >= 0.3 is 0 Å². The number of methoxy groups -OCH3 is 1. The van der Waals surface area contributed by atoms with Gasteiger partial charge in [0, 0.05) is 13.0 Å². The number of ether oxygens (including phenoxy) is 1. The van der Waals surface area contributed by atoms with Gasteiger partial charge in [-0.25, -0.2) is 0 Å². The Morgan fingerprint density at radius 1 is 1.47 bits per heavy atom. The lowest BCUT2D eigenvalue weighted by molar-refractivity contribution is -0.119. The fraction of sp³-hybridized carbons (Fsp3) is 0.417. The SMILES string of the molecule is COc1ccccc1C[C@@H](C)NC(C)=O. The van der Waals surface area contributed by atoms with Crippen molar-refractivity contribution < 1.29 is 9.53 Å². The maximum absolute atomic E-state index is 10.9. The molecule has 0 aliphatic carbocycles. The van der Waals surface area contributed by atoms with Crippen molar-refractivity contribution in [2.24, 2.45) is 0 Å². The van der Waals surface area contributed by atoms with Crippen molar-refractivity contribution in [1.29, 1.82) is 0 Å². The Balaban J connectivity index is 2.67. The van der Waals surface area contributed by atoms with E-state index in [4.69, 9.17) is 4.74 Å². The molecule has 0 bridgehead atoms. The minimum Gasteiger partial charge on any atom is -0.496 e. The van der Waals surface area contributed by atoms with E-state index in [1.807, 2.05) is 31.2 Å². The number of carbonyl (C=O) groups is 1. The zero-order chi connectivity index (χ0) is 11.3. The molecule has 1 atom stereocenters. The molecule has 0 saturated heterocycles. The van der Waals surface area contributed by atoms with Gasteiger partial charge in [-0.15, -0.1) is 0 Å². The highest BCUT2D eigenvalue weighted by Crippen LogP contribution is 2.18. The van der Waals surface area contributed by atoms with Gasteiger partial charge < -0.3 is 10.1 Å². The number of para-hydroxylation sites is 1. The van der Waals surface area contributed by atoms with Gasteiger partial charge in [-0.1, -0.05) is 18.2 Å². The first-order chi connectivity index (χ1) is 7.13. The van der Waals surface area contributed by atoms with Crippen LogP contribution in [-0.2, 0) is 11.2 Å². The summed E-state index contributed by atoms with van der Waals surface area (Å²) in [5, 5.41) is 2.85. The van der Waals surface area contributed by atoms with Crippen LogP contribution in [0.5, 0.6) is 5.75 Å². The number of benzene rings is 1. The van der Waals surface area contributed by atoms with Crippen molar-refractivity contribution >= 4 is 5.91 Å². The Hall–Kier alpha value is -1.51. The zero-order valence-corrected chi connectivity index (χ0v) is 9.41. The Bertz CT molecular complexity index is 336. The molecule has 0 radical (unpaired) electrons. The smallest absolute Gasteiger partial charge is 0.217 e. The lowest BCUT2D eigenvalue weighted by atomic mass is 10.1. The number of carbonyl (C=O) groups excluding carboxylic acids is 1.